The summed E-state index contributed by atoms with van der Waals surface area (Å²) in [5, 5.41) is 2.88. The minimum Gasteiger partial charge on any atom is -0.465 e. The minimum absolute atomic E-state index is 0.0613. The Morgan fingerprint density at radius 2 is 2.08 bits per heavy atom. The van der Waals surface area contributed by atoms with Crippen molar-refractivity contribution in [2.75, 3.05) is 5.32 Å². The summed E-state index contributed by atoms with van der Waals surface area (Å²) in [6.45, 7) is 2.10. The molecule has 1 aliphatic heterocycles. The zero-order valence-electron chi connectivity index (χ0n) is 13.6. The number of hydrogen-bond donors (Lipinski definition) is 1. The summed E-state index contributed by atoms with van der Waals surface area (Å²) in [6.07, 6.45) is 2.19. The van der Waals surface area contributed by atoms with Crippen molar-refractivity contribution in [3.8, 4) is 0 Å². The van der Waals surface area contributed by atoms with E-state index >= 15 is 0 Å². The van der Waals surface area contributed by atoms with Gasteiger partial charge in [-0.05, 0) is 36.2 Å². The molecule has 1 aromatic carbocycles. The molecule has 0 aliphatic carbocycles. The third-order valence-electron chi connectivity index (χ3n) is 4.52. The molecule has 0 bridgehead atoms. The molecule has 3 aromatic rings. The number of amides is 1. The number of rotatable bonds is 3. The van der Waals surface area contributed by atoms with Crippen molar-refractivity contribution >= 4 is 22.7 Å². The van der Waals surface area contributed by atoms with Crippen LogP contribution in [0.5, 0.6) is 0 Å². The number of furan rings is 1. The lowest BCUT2D eigenvalue weighted by atomic mass is 9.88. The van der Waals surface area contributed by atoms with E-state index in [1.54, 1.807) is 13.1 Å². The summed E-state index contributed by atoms with van der Waals surface area (Å²) in [6, 6.07) is 7.52. The fourth-order valence-electron chi connectivity index (χ4n) is 3.30. The maximum Gasteiger partial charge on any atom is 0.419 e. The van der Waals surface area contributed by atoms with Gasteiger partial charge in [-0.15, -0.1) is 0 Å². The molecule has 4 rings (SSSR count). The molecule has 0 radical (unpaired) electrons. The lowest BCUT2D eigenvalue weighted by Crippen LogP contribution is -2.23. The molecule has 1 amide bonds. The van der Waals surface area contributed by atoms with Crippen LogP contribution in [0, 0.1) is 0 Å². The molecule has 24 heavy (non-hydrogen) atoms. The topological polar surface area (TPSA) is 77.4 Å². The van der Waals surface area contributed by atoms with Gasteiger partial charge < -0.3 is 14.2 Å². The van der Waals surface area contributed by atoms with Crippen LogP contribution < -0.4 is 11.1 Å². The predicted molar refractivity (Wildman–Crippen MR) is 89.2 cm³/mol. The van der Waals surface area contributed by atoms with Crippen LogP contribution in [0.25, 0.3) is 11.1 Å². The first-order chi connectivity index (χ1) is 11.6. The molecule has 124 valence electrons. The fourth-order valence-corrected chi connectivity index (χ4v) is 3.30. The first kappa shape index (κ1) is 14.8. The summed E-state index contributed by atoms with van der Waals surface area (Å²) in [5.41, 5.74) is 2.79. The van der Waals surface area contributed by atoms with Crippen molar-refractivity contribution in [3.05, 3.63) is 51.9 Å². The average Bonchev–Trinajstić information content (AvgIpc) is 3.11. The van der Waals surface area contributed by atoms with Crippen LogP contribution in [0.2, 0.25) is 0 Å². The molecule has 2 aromatic heterocycles. The summed E-state index contributed by atoms with van der Waals surface area (Å²) < 4.78 is 12.6. The van der Waals surface area contributed by atoms with Gasteiger partial charge in [-0.2, -0.15) is 0 Å². The predicted octanol–water partition coefficient (Wildman–Crippen LogP) is 3.15. The van der Waals surface area contributed by atoms with E-state index in [4.69, 9.17) is 8.83 Å². The first-order valence-corrected chi connectivity index (χ1v) is 8.08. The minimum atomic E-state index is -0.418. The summed E-state index contributed by atoms with van der Waals surface area (Å²) in [7, 11) is 1.65. The van der Waals surface area contributed by atoms with E-state index in [9.17, 15) is 9.59 Å². The van der Waals surface area contributed by atoms with E-state index in [1.165, 1.54) is 4.57 Å². The molecular formula is C18H18N2O4. The van der Waals surface area contributed by atoms with Crippen molar-refractivity contribution in [2.24, 2.45) is 7.05 Å². The van der Waals surface area contributed by atoms with Crippen LogP contribution in [0.3, 0.4) is 0 Å². The molecule has 6 nitrogen and oxygen atoms in total. The molecule has 1 aliphatic rings. The average molecular weight is 326 g/mol. The van der Waals surface area contributed by atoms with Gasteiger partial charge in [0.15, 0.2) is 5.58 Å². The maximum absolute atomic E-state index is 12.1. The van der Waals surface area contributed by atoms with Gasteiger partial charge >= 0.3 is 5.76 Å². The number of benzene rings is 1. The number of anilines is 1. The van der Waals surface area contributed by atoms with Crippen molar-refractivity contribution in [2.45, 2.75) is 32.1 Å². The lowest BCUT2D eigenvalue weighted by Gasteiger charge is -2.24. The van der Waals surface area contributed by atoms with Gasteiger partial charge in [-0.1, -0.05) is 6.92 Å². The largest absolute Gasteiger partial charge is 0.465 e. The number of nitrogens with one attached hydrogen (secondary N) is 1. The van der Waals surface area contributed by atoms with Gasteiger partial charge in [-0.3, -0.25) is 9.36 Å². The van der Waals surface area contributed by atoms with Gasteiger partial charge in [-0.25, -0.2) is 4.79 Å². The SMILES string of the molecule is CCCc1ccc([C@H]2CC(=O)Nc3cc4c(cc32)oc(=O)n4C)o1. The third-order valence-corrected chi connectivity index (χ3v) is 4.52. The fraction of sp³-hybridized carbons (Fsp3) is 0.333. The maximum atomic E-state index is 12.1. The van der Waals surface area contributed by atoms with Gasteiger partial charge in [0.25, 0.3) is 0 Å². The second-order valence-corrected chi connectivity index (χ2v) is 6.19. The van der Waals surface area contributed by atoms with E-state index in [1.807, 2.05) is 18.2 Å². The Morgan fingerprint density at radius 3 is 2.88 bits per heavy atom. The summed E-state index contributed by atoms with van der Waals surface area (Å²) in [5.74, 6) is 1.04. The molecule has 0 saturated heterocycles. The highest BCUT2D eigenvalue weighted by atomic mass is 16.4. The number of aromatic nitrogens is 1. The highest BCUT2D eigenvalue weighted by Gasteiger charge is 2.30. The zero-order chi connectivity index (χ0) is 16.8. The Kier molecular flexibility index (Phi) is 3.33. The molecule has 0 fully saturated rings. The van der Waals surface area contributed by atoms with Crippen molar-refractivity contribution < 1.29 is 13.6 Å². The van der Waals surface area contributed by atoms with E-state index in [-0.39, 0.29) is 11.8 Å². The molecule has 6 heteroatoms. The van der Waals surface area contributed by atoms with Gasteiger partial charge in [0.1, 0.15) is 11.5 Å². The van der Waals surface area contributed by atoms with Crippen LogP contribution in [0.1, 0.15) is 42.8 Å². The van der Waals surface area contributed by atoms with Gasteiger partial charge in [0.05, 0.1) is 11.4 Å². The molecule has 3 heterocycles. The van der Waals surface area contributed by atoms with Gasteiger partial charge in [0, 0.05) is 25.6 Å². The Bertz CT molecular complexity index is 992. The third kappa shape index (κ3) is 2.26. The lowest BCUT2D eigenvalue weighted by molar-refractivity contribution is -0.116. The van der Waals surface area contributed by atoms with Crippen molar-refractivity contribution in [1.82, 2.24) is 4.57 Å². The van der Waals surface area contributed by atoms with E-state index in [2.05, 4.69) is 12.2 Å². The summed E-state index contributed by atoms with van der Waals surface area (Å²) in [4.78, 5) is 23.9. The monoisotopic (exact) mass is 326 g/mol. The normalized spacial score (nSPS) is 17.1. The molecular weight excluding hydrogens is 308 g/mol. The zero-order valence-corrected chi connectivity index (χ0v) is 13.6. The smallest absolute Gasteiger partial charge is 0.419 e. The Labute approximate surface area is 138 Å². The van der Waals surface area contributed by atoms with E-state index in [0.29, 0.717) is 23.2 Å². The van der Waals surface area contributed by atoms with Crippen LogP contribution in [0.15, 0.2) is 37.9 Å². The second-order valence-electron chi connectivity index (χ2n) is 6.19. The van der Waals surface area contributed by atoms with E-state index in [0.717, 1.165) is 29.9 Å². The number of carbonyl (C=O) groups excluding carboxylic acids is 1. The number of carbonyl (C=O) groups is 1. The Morgan fingerprint density at radius 1 is 1.25 bits per heavy atom. The number of hydrogen-bond acceptors (Lipinski definition) is 4. The molecule has 1 atom stereocenters. The standard InChI is InChI=1S/C18H18N2O4/c1-3-4-10-5-6-15(23-10)12-8-17(21)19-13-9-14-16(7-11(12)13)24-18(22)20(14)2/h5-7,9,12H,3-4,8H2,1-2H3,(H,19,21)/t12-/m0/s1. The highest BCUT2D eigenvalue weighted by Crippen LogP contribution is 2.39. The Balaban J connectivity index is 1.85. The number of oxazole rings is 1. The van der Waals surface area contributed by atoms with Crippen LogP contribution >= 0.6 is 0 Å². The molecule has 1 N–H and O–H groups in total. The number of fused-ring (bicyclic) bond motifs is 2. The quantitative estimate of drug-likeness (QED) is 0.802. The highest BCUT2D eigenvalue weighted by molar-refractivity contribution is 5.97. The summed E-state index contributed by atoms with van der Waals surface area (Å²) >= 11 is 0. The molecule has 0 spiro atoms. The van der Waals surface area contributed by atoms with Crippen molar-refractivity contribution in [1.29, 1.82) is 0 Å². The van der Waals surface area contributed by atoms with Crippen LogP contribution in [-0.4, -0.2) is 10.5 Å². The van der Waals surface area contributed by atoms with Crippen LogP contribution in [-0.2, 0) is 18.3 Å². The number of aryl methyl sites for hydroxylation is 2. The molecule has 0 saturated carbocycles. The Hall–Kier alpha value is -2.76. The first-order valence-electron chi connectivity index (χ1n) is 8.08. The van der Waals surface area contributed by atoms with Gasteiger partial charge in [0.2, 0.25) is 5.91 Å². The van der Waals surface area contributed by atoms with Crippen molar-refractivity contribution in [3.63, 3.8) is 0 Å². The molecule has 0 unspecified atom stereocenters. The second kappa shape index (κ2) is 5.40. The van der Waals surface area contributed by atoms with Crippen LogP contribution in [0.4, 0.5) is 5.69 Å². The van der Waals surface area contributed by atoms with E-state index < -0.39 is 5.76 Å². The number of nitrogens with zero attached hydrogens (tertiary/aromatic N) is 1.